The zero-order chi connectivity index (χ0) is 59.8. The highest BCUT2D eigenvalue weighted by molar-refractivity contribution is 5.99. The number of carboxylic acid groups (broad SMARTS) is 2. The molecule has 6 aliphatic carbocycles. The second kappa shape index (κ2) is 27.8. The molecule has 0 aromatic heterocycles. The first-order chi connectivity index (χ1) is 39.0. The second-order valence-electron chi connectivity index (χ2n) is 26.1. The maximum absolute atomic E-state index is 13.7. The van der Waals surface area contributed by atoms with Crippen LogP contribution in [0.5, 0.6) is 0 Å². The van der Waals surface area contributed by atoms with Crippen molar-refractivity contribution in [2.75, 3.05) is 37.9 Å². The molecule has 82 heavy (non-hydrogen) atoms. The lowest BCUT2D eigenvalue weighted by Crippen LogP contribution is -2.51. The lowest BCUT2D eigenvalue weighted by atomic mass is 9.47. The van der Waals surface area contributed by atoms with Crippen LogP contribution in [0.1, 0.15) is 152 Å². The Labute approximate surface area is 483 Å². The number of carboxylic acids is 2. The zero-order valence-corrected chi connectivity index (χ0v) is 49.7. The van der Waals surface area contributed by atoms with Crippen LogP contribution in [0.25, 0.3) is 0 Å². The molecule has 4 amide bonds. The van der Waals surface area contributed by atoms with Crippen LogP contribution in [0.2, 0.25) is 0 Å². The average Bonchev–Trinajstić information content (AvgIpc) is 2.52. The summed E-state index contributed by atoms with van der Waals surface area (Å²) < 4.78 is 6.21. The first-order valence-electron chi connectivity index (χ1n) is 30.1. The minimum absolute atomic E-state index is 0.125. The third-order valence-electron chi connectivity index (χ3n) is 20.7. The van der Waals surface area contributed by atoms with Gasteiger partial charge in [0.25, 0.3) is 0 Å². The number of carbonyl (C=O) groups is 7. The van der Waals surface area contributed by atoms with Crippen molar-refractivity contribution >= 4 is 52.9 Å². The van der Waals surface area contributed by atoms with Crippen LogP contribution < -0.4 is 21.3 Å². The average molecular weight is 1140 g/mol. The number of hydrogen-bond acceptors (Lipinski definition) is 12. The summed E-state index contributed by atoms with van der Waals surface area (Å²) in [7, 11) is 2.90. The summed E-state index contributed by atoms with van der Waals surface area (Å²) in [5.74, 6) is -5.10. The number of aliphatic carboxylic acids is 2. The molecule has 16 unspecified atom stereocenters. The third kappa shape index (κ3) is 14.4. The van der Waals surface area contributed by atoms with Crippen molar-refractivity contribution in [3.05, 3.63) is 70.8 Å². The molecule has 5 saturated carbocycles. The molecule has 0 radical (unpaired) electrons. The molecule has 6 aliphatic rings. The molecule has 18 nitrogen and oxygen atoms in total. The topological polar surface area (TPSA) is 276 Å². The number of aryl methyl sites for hydroxylation is 2. The van der Waals surface area contributed by atoms with E-state index in [1.165, 1.54) is 64.6 Å². The van der Waals surface area contributed by atoms with Gasteiger partial charge < -0.3 is 36.2 Å². The minimum atomic E-state index is -1.10. The lowest BCUT2D eigenvalue weighted by Gasteiger charge is -2.58. The van der Waals surface area contributed by atoms with Gasteiger partial charge in [-0.25, -0.2) is 14.6 Å². The van der Waals surface area contributed by atoms with Crippen LogP contribution in [0.4, 0.5) is 11.4 Å². The fraction of sp³-hybridized carbons (Fsp3) is 0.672. The van der Waals surface area contributed by atoms with Crippen molar-refractivity contribution in [2.24, 2.45) is 93.7 Å². The van der Waals surface area contributed by atoms with Crippen LogP contribution >= 0.6 is 0 Å². The monoisotopic (exact) mass is 1140 g/mol. The van der Waals surface area contributed by atoms with E-state index in [-0.39, 0.29) is 62.2 Å². The van der Waals surface area contributed by atoms with Gasteiger partial charge in [0.2, 0.25) is 23.6 Å². The second-order valence-corrected chi connectivity index (χ2v) is 26.1. The molecule has 8 N–H and O–H groups in total. The van der Waals surface area contributed by atoms with Crippen LogP contribution in [0.15, 0.2) is 54.1 Å². The molecule has 0 spiro atoms. The first-order valence-corrected chi connectivity index (χ1v) is 30.1. The van der Waals surface area contributed by atoms with E-state index < -0.39 is 77.1 Å². The quantitative estimate of drug-likeness (QED) is 0.0250. The minimum Gasteiger partial charge on any atom is -0.481 e. The summed E-state index contributed by atoms with van der Waals surface area (Å²) in [5, 5.41) is 47.5. The van der Waals surface area contributed by atoms with E-state index in [4.69, 9.17) is 15.3 Å². The first kappa shape index (κ1) is 63.9. The van der Waals surface area contributed by atoms with Gasteiger partial charge in [0.15, 0.2) is 0 Å². The number of esters is 1. The Kier molecular flexibility index (Phi) is 21.7. The number of anilines is 2. The Bertz CT molecular complexity index is 2640. The molecule has 5 fully saturated rings. The Balaban J connectivity index is 0.000000311. The Hall–Kier alpha value is -5.69. The van der Waals surface area contributed by atoms with Gasteiger partial charge in [-0.1, -0.05) is 83.2 Å². The Morgan fingerprint density at radius 1 is 0.671 bits per heavy atom. The number of ether oxygens (including phenoxy) is 1. The molecule has 0 heterocycles. The highest BCUT2D eigenvalue weighted by atomic mass is 17.1. The van der Waals surface area contributed by atoms with Gasteiger partial charge >= 0.3 is 17.9 Å². The van der Waals surface area contributed by atoms with Crippen LogP contribution in [-0.4, -0.2) is 95.7 Å². The smallest absolute Gasteiger partial charge is 0.338 e. The molecule has 8 rings (SSSR count). The number of benzene rings is 2. The van der Waals surface area contributed by atoms with Crippen molar-refractivity contribution in [3.63, 3.8) is 0 Å². The van der Waals surface area contributed by atoms with Gasteiger partial charge in [0.05, 0.1) is 42.4 Å². The molecular weight excluding hydrogens is 1050 g/mol. The molecule has 0 bridgehead atoms. The summed E-state index contributed by atoms with van der Waals surface area (Å²) in [6.45, 7) is 15.8. The fourth-order valence-corrected chi connectivity index (χ4v) is 16.7. The molecule has 16 atom stereocenters. The van der Waals surface area contributed by atoms with E-state index in [2.05, 4.69) is 71.7 Å². The predicted octanol–water partition coefficient (Wildman–Crippen LogP) is 10.6. The normalized spacial score (nSPS) is 32.1. The molecule has 452 valence electrons. The highest BCUT2D eigenvalue weighted by Crippen LogP contribution is 2.67. The molecule has 2 aromatic rings. The maximum atomic E-state index is 13.7. The number of nitrogens with one attached hydrogen (secondary N) is 4. The summed E-state index contributed by atoms with van der Waals surface area (Å²) in [4.78, 5) is 97.0. The number of hydrogen-bond donors (Lipinski definition) is 8. The van der Waals surface area contributed by atoms with Crippen molar-refractivity contribution in [1.82, 2.24) is 10.6 Å². The van der Waals surface area contributed by atoms with Gasteiger partial charge in [0.1, 0.15) is 6.10 Å². The summed E-state index contributed by atoms with van der Waals surface area (Å²) in [6, 6.07) is 12.4. The van der Waals surface area contributed by atoms with Gasteiger partial charge in [-0.3, -0.25) is 39.3 Å². The van der Waals surface area contributed by atoms with Gasteiger partial charge in [0, 0.05) is 44.7 Å². The van der Waals surface area contributed by atoms with Crippen molar-refractivity contribution in [1.29, 1.82) is 0 Å². The molecule has 2 aromatic carbocycles. The highest BCUT2D eigenvalue weighted by Gasteiger charge is 2.60. The standard InChI is InChI=1S/C46H68N2O8.C18H24N2O6/c1-26(2)9-8-10-28(4)37-13-14-38-34-12-11-31-23-33(15-17-45(31,5)39(34)16-18-46(37,38)6)56-44(53)29-19-27(3)20-32(21-29)48-42(51)36-22-30(25-55-54)35(24-40(49)50)41(36)43(52)47-7;1-10-3-5-12(6-4-10)20-17(23)14-7-11(9-26-25)13(8-15(21)22)16(14)18(24)19-2/h11,19-21,26,28,30,33-39,41,54H,8-10,12-18,22-25H2,1-7H3,(H,47,52)(H,48,51)(H,49,50);3-6,11,13-14,16,25H,7-9H2,1-2H3,(H,19,24)(H,20,23)(H,21,22). The molecule has 0 aliphatic heterocycles. The van der Waals surface area contributed by atoms with E-state index >= 15 is 0 Å². The maximum Gasteiger partial charge on any atom is 0.338 e. The summed E-state index contributed by atoms with van der Waals surface area (Å²) in [5.41, 5.74) is 5.22. The van der Waals surface area contributed by atoms with Gasteiger partial charge in [-0.15, -0.1) is 0 Å². The number of carbonyl (C=O) groups excluding carboxylic acids is 5. The van der Waals surface area contributed by atoms with E-state index in [0.717, 1.165) is 66.4 Å². The number of fused-ring (bicyclic) bond motifs is 5. The van der Waals surface area contributed by atoms with Crippen molar-refractivity contribution in [3.8, 4) is 0 Å². The zero-order valence-electron chi connectivity index (χ0n) is 49.7. The van der Waals surface area contributed by atoms with E-state index in [9.17, 15) is 43.8 Å². The number of rotatable bonds is 21. The third-order valence-corrected chi connectivity index (χ3v) is 20.7. The SMILES string of the molecule is CNC(=O)C1C(C(=O)Nc2cc(C)cc(C(=O)OC3CCC4(C)C(=CCC5C4CCC4(C)C(C(C)CCCC(C)C)CCC54)C3)c2)CC(COO)C1CC(=O)O.CNC(=O)C1C(C(=O)Nc2ccc(C)cc2)CC(COO)C1CC(=O)O. The number of amides is 4. The summed E-state index contributed by atoms with van der Waals surface area (Å²) >= 11 is 0. The largest absolute Gasteiger partial charge is 0.481 e. The van der Waals surface area contributed by atoms with E-state index in [0.29, 0.717) is 28.3 Å². The van der Waals surface area contributed by atoms with E-state index in [1.807, 2.05) is 26.0 Å². The van der Waals surface area contributed by atoms with Crippen LogP contribution in [0, 0.1) is 108 Å². The predicted molar refractivity (Wildman–Crippen MR) is 309 cm³/mol. The Morgan fingerprint density at radius 3 is 1.78 bits per heavy atom. The lowest BCUT2D eigenvalue weighted by molar-refractivity contribution is -0.253. The Morgan fingerprint density at radius 2 is 1.24 bits per heavy atom. The van der Waals surface area contributed by atoms with E-state index in [1.54, 1.807) is 30.3 Å². The van der Waals surface area contributed by atoms with Gasteiger partial charge in [-0.05, 0) is 178 Å². The van der Waals surface area contributed by atoms with Gasteiger partial charge in [-0.2, -0.15) is 0 Å². The molecular formula is C64H92N4O14. The summed E-state index contributed by atoms with van der Waals surface area (Å²) in [6.07, 6.45) is 15.3. The van der Waals surface area contributed by atoms with Crippen LogP contribution in [-0.2, 0) is 43.3 Å². The molecule has 18 heteroatoms. The van der Waals surface area contributed by atoms with Crippen molar-refractivity contribution < 1.29 is 68.8 Å². The molecule has 0 saturated heterocycles. The fourth-order valence-electron chi connectivity index (χ4n) is 16.7. The van der Waals surface area contributed by atoms with Crippen LogP contribution in [0.3, 0.4) is 0 Å². The number of allylic oxidation sites excluding steroid dienone is 1. The van der Waals surface area contributed by atoms with Crippen molar-refractivity contribution in [2.45, 2.75) is 151 Å².